The van der Waals surface area contributed by atoms with Crippen LogP contribution in [0.1, 0.15) is 35.9 Å². The van der Waals surface area contributed by atoms with Crippen LogP contribution in [0.3, 0.4) is 0 Å². The van der Waals surface area contributed by atoms with Crippen molar-refractivity contribution in [1.82, 2.24) is 4.98 Å². The summed E-state index contributed by atoms with van der Waals surface area (Å²) in [6.45, 7) is 4.26. The molecule has 0 saturated carbocycles. The van der Waals surface area contributed by atoms with Crippen molar-refractivity contribution in [1.29, 1.82) is 0 Å². The van der Waals surface area contributed by atoms with Crippen molar-refractivity contribution < 1.29 is 24.0 Å². The summed E-state index contributed by atoms with van der Waals surface area (Å²) in [6, 6.07) is 11.8. The number of non-ortho nitro benzene ring substituents is 1. The highest BCUT2D eigenvalue weighted by molar-refractivity contribution is 5.67. The van der Waals surface area contributed by atoms with Gasteiger partial charge in [0.1, 0.15) is 11.5 Å². The van der Waals surface area contributed by atoms with Gasteiger partial charge >= 0.3 is 5.97 Å². The number of nitro benzene ring substituents is 1. The smallest absolute Gasteiger partial charge is 0.303 e. The van der Waals surface area contributed by atoms with Crippen LogP contribution in [0.5, 0.6) is 5.75 Å². The number of hydrogen-bond donors (Lipinski definition) is 1. The zero-order chi connectivity index (χ0) is 22.4. The minimum Gasteiger partial charge on any atom is -0.493 e. The lowest BCUT2D eigenvalue weighted by atomic mass is 10.0. The zero-order valence-corrected chi connectivity index (χ0v) is 17.5. The van der Waals surface area contributed by atoms with Gasteiger partial charge in [0.25, 0.3) is 5.69 Å². The minimum atomic E-state index is -0.807. The van der Waals surface area contributed by atoms with E-state index < -0.39 is 10.9 Å². The van der Waals surface area contributed by atoms with Gasteiger partial charge in [0.15, 0.2) is 0 Å². The van der Waals surface area contributed by atoms with Crippen LogP contribution in [0.25, 0.3) is 11.5 Å². The first kappa shape index (κ1) is 22.0. The Kier molecular flexibility index (Phi) is 7.02. The van der Waals surface area contributed by atoms with E-state index >= 15 is 0 Å². The molecule has 1 aromatic heterocycles. The standard InChI is InChI=1S/C23H24N2O6/c1-3-16-14-20(10-6-17(16)7-11-22(26)27)30-13-12-21-15(2)31-23(24-21)18-4-8-19(9-5-18)25(28)29/h4-6,8-10,14H,3,7,11-13H2,1-2H3,(H,26,27). The molecule has 0 unspecified atom stereocenters. The van der Waals surface area contributed by atoms with E-state index in [0.29, 0.717) is 36.7 Å². The Bertz CT molecular complexity index is 1070. The average molecular weight is 424 g/mol. The van der Waals surface area contributed by atoms with E-state index in [1.54, 1.807) is 12.1 Å². The maximum absolute atomic E-state index is 10.8. The molecule has 0 aliphatic rings. The van der Waals surface area contributed by atoms with Crippen molar-refractivity contribution in [2.45, 2.75) is 39.5 Å². The highest BCUT2D eigenvalue weighted by Gasteiger charge is 2.13. The Hall–Kier alpha value is -3.68. The lowest BCUT2D eigenvalue weighted by Crippen LogP contribution is -2.04. The molecule has 0 aliphatic heterocycles. The summed E-state index contributed by atoms with van der Waals surface area (Å²) in [5.41, 5.74) is 3.56. The van der Waals surface area contributed by atoms with Gasteiger partial charge in [-0.15, -0.1) is 0 Å². The molecule has 2 aromatic carbocycles. The van der Waals surface area contributed by atoms with Crippen molar-refractivity contribution in [3.63, 3.8) is 0 Å². The molecular weight excluding hydrogens is 400 g/mol. The number of benzene rings is 2. The molecule has 0 spiro atoms. The van der Waals surface area contributed by atoms with E-state index in [4.69, 9.17) is 14.3 Å². The van der Waals surface area contributed by atoms with E-state index in [0.717, 1.165) is 29.0 Å². The maximum Gasteiger partial charge on any atom is 0.303 e. The molecular formula is C23H24N2O6. The maximum atomic E-state index is 10.8. The third-order valence-corrected chi connectivity index (χ3v) is 4.99. The predicted octanol–water partition coefficient (Wildman–Crippen LogP) is 4.76. The van der Waals surface area contributed by atoms with Crippen LogP contribution in [0.2, 0.25) is 0 Å². The normalized spacial score (nSPS) is 10.8. The number of rotatable bonds is 10. The number of nitrogens with zero attached hydrogens (tertiary/aromatic N) is 2. The quantitative estimate of drug-likeness (QED) is 0.368. The Morgan fingerprint density at radius 1 is 1.16 bits per heavy atom. The molecule has 162 valence electrons. The molecule has 3 rings (SSSR count). The van der Waals surface area contributed by atoms with E-state index in [-0.39, 0.29) is 12.1 Å². The second kappa shape index (κ2) is 9.88. The number of hydrogen-bond acceptors (Lipinski definition) is 6. The summed E-state index contributed by atoms with van der Waals surface area (Å²) >= 11 is 0. The summed E-state index contributed by atoms with van der Waals surface area (Å²) in [5.74, 6) is 1.01. The SMILES string of the molecule is CCc1cc(OCCc2nc(-c3ccc([N+](=O)[O-])cc3)oc2C)ccc1CCC(=O)O. The van der Waals surface area contributed by atoms with Crippen LogP contribution in [0, 0.1) is 17.0 Å². The number of ether oxygens (including phenoxy) is 1. The van der Waals surface area contributed by atoms with Gasteiger partial charge in [0.2, 0.25) is 5.89 Å². The number of nitro groups is 1. The highest BCUT2D eigenvalue weighted by atomic mass is 16.6. The van der Waals surface area contributed by atoms with E-state index in [1.165, 1.54) is 12.1 Å². The third-order valence-electron chi connectivity index (χ3n) is 4.99. The van der Waals surface area contributed by atoms with Gasteiger partial charge in [-0.2, -0.15) is 0 Å². The Labute approximate surface area is 179 Å². The highest BCUT2D eigenvalue weighted by Crippen LogP contribution is 2.25. The number of aryl methyl sites for hydroxylation is 3. The fourth-order valence-electron chi connectivity index (χ4n) is 3.28. The molecule has 1 N–H and O–H groups in total. The molecule has 8 nitrogen and oxygen atoms in total. The molecule has 8 heteroatoms. The van der Waals surface area contributed by atoms with E-state index in [1.807, 2.05) is 32.0 Å². The first-order valence-electron chi connectivity index (χ1n) is 10.0. The van der Waals surface area contributed by atoms with Gasteiger partial charge in [0.05, 0.1) is 17.2 Å². The summed E-state index contributed by atoms with van der Waals surface area (Å²) in [4.78, 5) is 25.7. The monoisotopic (exact) mass is 424 g/mol. The first-order chi connectivity index (χ1) is 14.9. The van der Waals surface area contributed by atoms with Gasteiger partial charge in [0, 0.05) is 30.5 Å². The Morgan fingerprint density at radius 3 is 2.55 bits per heavy atom. The molecule has 0 radical (unpaired) electrons. The van der Waals surface area contributed by atoms with Crippen LogP contribution in [-0.4, -0.2) is 27.6 Å². The average Bonchev–Trinajstić information content (AvgIpc) is 3.13. The van der Waals surface area contributed by atoms with E-state index in [2.05, 4.69) is 4.98 Å². The molecule has 0 atom stereocenters. The first-order valence-corrected chi connectivity index (χ1v) is 10.0. The van der Waals surface area contributed by atoms with Gasteiger partial charge in [-0.05, 0) is 55.2 Å². The van der Waals surface area contributed by atoms with Crippen LogP contribution in [-0.2, 0) is 24.1 Å². The third kappa shape index (κ3) is 5.69. The topological polar surface area (TPSA) is 116 Å². The molecule has 1 heterocycles. The molecule has 0 amide bonds. The molecule has 0 bridgehead atoms. The Morgan fingerprint density at radius 2 is 1.90 bits per heavy atom. The number of aliphatic carboxylic acids is 1. The molecule has 0 fully saturated rings. The van der Waals surface area contributed by atoms with Crippen LogP contribution < -0.4 is 4.74 Å². The van der Waals surface area contributed by atoms with Crippen molar-refractivity contribution in [3.05, 3.63) is 75.2 Å². The predicted molar refractivity (Wildman–Crippen MR) is 114 cm³/mol. The number of carbonyl (C=O) groups is 1. The van der Waals surface area contributed by atoms with Gasteiger partial charge in [-0.3, -0.25) is 14.9 Å². The van der Waals surface area contributed by atoms with Gasteiger partial charge in [-0.25, -0.2) is 4.98 Å². The summed E-state index contributed by atoms with van der Waals surface area (Å²) < 4.78 is 11.6. The summed E-state index contributed by atoms with van der Waals surface area (Å²) in [7, 11) is 0. The number of aromatic nitrogens is 1. The van der Waals surface area contributed by atoms with Crippen molar-refractivity contribution in [3.8, 4) is 17.2 Å². The second-order valence-corrected chi connectivity index (χ2v) is 7.10. The minimum absolute atomic E-state index is 0.0149. The molecule has 0 saturated heterocycles. The van der Waals surface area contributed by atoms with Crippen LogP contribution >= 0.6 is 0 Å². The van der Waals surface area contributed by atoms with Crippen molar-refractivity contribution >= 4 is 11.7 Å². The molecule has 3 aromatic rings. The zero-order valence-electron chi connectivity index (χ0n) is 17.5. The largest absolute Gasteiger partial charge is 0.493 e. The summed E-state index contributed by atoms with van der Waals surface area (Å²) in [6.07, 6.45) is 1.95. The fraction of sp³-hybridized carbons (Fsp3) is 0.304. The summed E-state index contributed by atoms with van der Waals surface area (Å²) in [5, 5.41) is 19.7. The van der Waals surface area contributed by atoms with Gasteiger partial charge in [-0.1, -0.05) is 13.0 Å². The number of carboxylic acid groups (broad SMARTS) is 1. The number of carboxylic acids is 1. The fourth-order valence-corrected chi connectivity index (χ4v) is 3.28. The lowest BCUT2D eigenvalue weighted by Gasteiger charge is -2.11. The molecule has 0 aliphatic carbocycles. The lowest BCUT2D eigenvalue weighted by molar-refractivity contribution is -0.384. The number of oxazole rings is 1. The van der Waals surface area contributed by atoms with Crippen molar-refractivity contribution in [2.75, 3.05) is 6.61 Å². The second-order valence-electron chi connectivity index (χ2n) is 7.10. The van der Waals surface area contributed by atoms with Gasteiger partial charge < -0.3 is 14.3 Å². The van der Waals surface area contributed by atoms with Crippen molar-refractivity contribution in [2.24, 2.45) is 0 Å². The van der Waals surface area contributed by atoms with Crippen LogP contribution in [0.15, 0.2) is 46.9 Å². The Balaban J connectivity index is 1.62. The molecule has 31 heavy (non-hydrogen) atoms. The van der Waals surface area contributed by atoms with Crippen LogP contribution in [0.4, 0.5) is 5.69 Å². The van der Waals surface area contributed by atoms with E-state index in [9.17, 15) is 14.9 Å².